The molecule has 3 heterocycles. The number of carbonyl (C=O) groups is 2. The minimum Gasteiger partial charge on any atom is -0.458 e. The molecule has 0 aliphatic heterocycles. The third-order valence-electron chi connectivity index (χ3n) is 6.28. The summed E-state index contributed by atoms with van der Waals surface area (Å²) in [6.07, 6.45) is 4.15. The van der Waals surface area contributed by atoms with E-state index in [1.165, 1.54) is 16.1 Å². The van der Waals surface area contributed by atoms with E-state index in [-0.39, 0.29) is 30.9 Å². The maximum Gasteiger partial charge on any atom is 0.248 e. The summed E-state index contributed by atoms with van der Waals surface area (Å²) in [4.78, 5) is 31.0. The van der Waals surface area contributed by atoms with Crippen LogP contribution in [0.3, 0.4) is 0 Å². The minimum atomic E-state index is -0.756. The zero-order chi connectivity index (χ0) is 24.9. The van der Waals surface area contributed by atoms with Crippen LogP contribution < -0.4 is 5.32 Å². The molecule has 4 aromatic rings. The first-order chi connectivity index (χ1) is 17.6. The monoisotopic (exact) mass is 504 g/mol. The average molecular weight is 505 g/mol. The fraction of sp³-hybridized carbons (Fsp3) is 0.346. The molecular weight excluding hydrogens is 476 g/mol. The molecule has 1 aliphatic carbocycles. The molecule has 1 atom stereocenters. The molecule has 0 bridgehead atoms. The molecule has 5 rings (SSSR count). The molecule has 0 spiro atoms. The molecule has 1 aliphatic rings. The molecule has 0 saturated heterocycles. The number of benzene rings is 1. The normalized spacial score (nSPS) is 14.6. The van der Waals surface area contributed by atoms with Crippen molar-refractivity contribution in [3.63, 3.8) is 0 Å². The van der Waals surface area contributed by atoms with E-state index in [2.05, 4.69) is 20.7 Å². The highest BCUT2D eigenvalue weighted by Crippen LogP contribution is 2.29. The Bertz CT molecular complexity index is 1290. The van der Waals surface area contributed by atoms with E-state index in [9.17, 15) is 9.59 Å². The van der Waals surface area contributed by atoms with Crippen LogP contribution in [-0.4, -0.2) is 43.0 Å². The second-order valence-corrected chi connectivity index (χ2v) is 9.95. The highest BCUT2D eigenvalue weighted by atomic mass is 32.1. The maximum absolute atomic E-state index is 13.7. The Kier molecular flexibility index (Phi) is 7.22. The molecule has 186 valence electrons. The maximum atomic E-state index is 13.7. The summed E-state index contributed by atoms with van der Waals surface area (Å²) in [5.74, 6) is 1.09. The molecule has 0 radical (unpaired) electrons. The SMILES string of the molecule is Cc1ccc(-c2nnn(CC(=O)N(Cc3ccccc3)[C@H](C(=O)NC3CCCC3)c3cccs3)n2)o1. The van der Waals surface area contributed by atoms with Crippen molar-refractivity contribution in [1.82, 2.24) is 30.4 Å². The van der Waals surface area contributed by atoms with Crippen LogP contribution in [0, 0.1) is 6.92 Å². The largest absolute Gasteiger partial charge is 0.458 e. The summed E-state index contributed by atoms with van der Waals surface area (Å²) in [6, 6.07) is 16.4. The first kappa shape index (κ1) is 23.9. The highest BCUT2D eigenvalue weighted by Gasteiger charge is 2.34. The van der Waals surface area contributed by atoms with Gasteiger partial charge in [0.25, 0.3) is 0 Å². The van der Waals surface area contributed by atoms with Crippen LogP contribution in [-0.2, 0) is 22.7 Å². The Balaban J connectivity index is 1.42. The fourth-order valence-electron chi connectivity index (χ4n) is 4.50. The number of tetrazole rings is 1. The van der Waals surface area contributed by atoms with Gasteiger partial charge in [0.2, 0.25) is 17.6 Å². The lowest BCUT2D eigenvalue weighted by atomic mass is 10.1. The summed E-state index contributed by atoms with van der Waals surface area (Å²) in [5, 5.41) is 17.5. The zero-order valence-electron chi connectivity index (χ0n) is 20.0. The smallest absolute Gasteiger partial charge is 0.248 e. The molecule has 3 aromatic heterocycles. The molecule has 10 heteroatoms. The van der Waals surface area contributed by atoms with Crippen LogP contribution in [0.4, 0.5) is 0 Å². The van der Waals surface area contributed by atoms with Gasteiger partial charge in [-0.2, -0.15) is 4.80 Å². The van der Waals surface area contributed by atoms with Crippen molar-refractivity contribution in [1.29, 1.82) is 0 Å². The van der Waals surface area contributed by atoms with Gasteiger partial charge in [-0.05, 0) is 54.1 Å². The van der Waals surface area contributed by atoms with Crippen LogP contribution in [0.25, 0.3) is 11.6 Å². The van der Waals surface area contributed by atoms with Gasteiger partial charge in [-0.15, -0.1) is 21.5 Å². The number of thiophene rings is 1. The number of rotatable bonds is 9. The first-order valence-corrected chi connectivity index (χ1v) is 13.0. The standard InChI is InChI=1S/C26H28N6O3S/c1-18-13-14-21(35-18)25-28-30-32(29-25)17-23(33)31(16-19-8-3-2-4-9-19)24(22-12-7-15-36-22)26(34)27-20-10-5-6-11-20/h2-4,7-9,12-15,20,24H,5-6,10-11,16-17H2,1H3,(H,27,34)/t24-/m0/s1. The molecule has 2 amide bonds. The van der Waals surface area contributed by atoms with Crippen molar-refractivity contribution in [3.8, 4) is 11.6 Å². The van der Waals surface area contributed by atoms with Gasteiger partial charge in [0.15, 0.2) is 5.76 Å². The van der Waals surface area contributed by atoms with E-state index >= 15 is 0 Å². The van der Waals surface area contributed by atoms with E-state index in [4.69, 9.17) is 4.42 Å². The quantitative estimate of drug-likeness (QED) is 0.367. The number of carbonyl (C=O) groups excluding carboxylic acids is 2. The number of furan rings is 1. The van der Waals surface area contributed by atoms with Gasteiger partial charge < -0.3 is 14.6 Å². The third kappa shape index (κ3) is 5.54. The molecule has 1 aromatic carbocycles. The lowest BCUT2D eigenvalue weighted by Crippen LogP contribution is -2.46. The van der Waals surface area contributed by atoms with Crippen molar-refractivity contribution < 1.29 is 14.0 Å². The van der Waals surface area contributed by atoms with Crippen molar-refractivity contribution >= 4 is 23.2 Å². The van der Waals surface area contributed by atoms with Crippen LogP contribution in [0.1, 0.15) is 47.9 Å². The van der Waals surface area contributed by atoms with Crippen LogP contribution in [0.2, 0.25) is 0 Å². The number of aryl methyl sites for hydroxylation is 1. The summed E-state index contributed by atoms with van der Waals surface area (Å²) in [5.41, 5.74) is 0.930. The van der Waals surface area contributed by atoms with Gasteiger partial charge in [0, 0.05) is 17.5 Å². The predicted molar refractivity (Wildman–Crippen MR) is 135 cm³/mol. The zero-order valence-corrected chi connectivity index (χ0v) is 20.9. The van der Waals surface area contributed by atoms with Crippen molar-refractivity contribution in [3.05, 3.63) is 76.2 Å². The number of nitrogens with zero attached hydrogens (tertiary/aromatic N) is 5. The third-order valence-corrected chi connectivity index (χ3v) is 7.21. The first-order valence-electron chi connectivity index (χ1n) is 12.1. The van der Waals surface area contributed by atoms with Gasteiger partial charge >= 0.3 is 0 Å². The van der Waals surface area contributed by atoms with Gasteiger partial charge in [-0.25, -0.2) is 0 Å². The predicted octanol–water partition coefficient (Wildman–Crippen LogP) is 4.13. The molecule has 1 saturated carbocycles. The summed E-state index contributed by atoms with van der Waals surface area (Å²) < 4.78 is 5.57. The van der Waals surface area contributed by atoms with Crippen LogP contribution >= 0.6 is 11.3 Å². The minimum absolute atomic E-state index is 0.143. The number of nitrogens with one attached hydrogen (secondary N) is 1. The van der Waals surface area contributed by atoms with Gasteiger partial charge in [0.05, 0.1) is 0 Å². The molecule has 1 fully saturated rings. The Morgan fingerprint density at radius 2 is 1.94 bits per heavy atom. The second-order valence-electron chi connectivity index (χ2n) is 8.97. The summed E-state index contributed by atoms with van der Waals surface area (Å²) in [6.45, 7) is 1.96. The summed E-state index contributed by atoms with van der Waals surface area (Å²) in [7, 11) is 0. The fourth-order valence-corrected chi connectivity index (χ4v) is 5.33. The van der Waals surface area contributed by atoms with E-state index in [0.717, 1.165) is 41.9 Å². The molecule has 36 heavy (non-hydrogen) atoms. The lowest BCUT2D eigenvalue weighted by Gasteiger charge is -2.31. The van der Waals surface area contributed by atoms with Crippen molar-refractivity contribution in [2.24, 2.45) is 0 Å². The van der Waals surface area contributed by atoms with Gasteiger partial charge in [-0.3, -0.25) is 9.59 Å². The van der Waals surface area contributed by atoms with E-state index in [1.807, 2.05) is 60.8 Å². The van der Waals surface area contributed by atoms with E-state index in [0.29, 0.717) is 11.6 Å². The van der Waals surface area contributed by atoms with Gasteiger partial charge in [0.1, 0.15) is 18.3 Å². The van der Waals surface area contributed by atoms with Gasteiger partial charge in [-0.1, -0.05) is 49.2 Å². The molecule has 0 unspecified atom stereocenters. The highest BCUT2D eigenvalue weighted by molar-refractivity contribution is 7.10. The van der Waals surface area contributed by atoms with E-state index < -0.39 is 6.04 Å². The molecule has 1 N–H and O–H groups in total. The number of hydrogen-bond acceptors (Lipinski definition) is 7. The molecular formula is C26H28N6O3S. The topological polar surface area (TPSA) is 106 Å². The molecule has 9 nitrogen and oxygen atoms in total. The van der Waals surface area contributed by atoms with Crippen molar-refractivity contribution in [2.75, 3.05) is 0 Å². The number of hydrogen-bond donors (Lipinski definition) is 1. The van der Waals surface area contributed by atoms with Crippen LogP contribution in [0.15, 0.2) is 64.4 Å². The Labute approximate surface area is 213 Å². The summed E-state index contributed by atoms with van der Waals surface area (Å²) >= 11 is 1.47. The Morgan fingerprint density at radius 3 is 2.64 bits per heavy atom. The second kappa shape index (κ2) is 10.9. The van der Waals surface area contributed by atoms with Crippen molar-refractivity contribution in [2.45, 2.75) is 57.8 Å². The number of aromatic nitrogens is 4. The lowest BCUT2D eigenvalue weighted by molar-refractivity contribution is -0.142. The Morgan fingerprint density at radius 1 is 1.14 bits per heavy atom. The van der Waals surface area contributed by atoms with Crippen LogP contribution in [0.5, 0.6) is 0 Å². The Hall–Kier alpha value is -3.79. The van der Waals surface area contributed by atoms with E-state index in [1.54, 1.807) is 11.0 Å². The average Bonchev–Trinajstić information content (AvgIpc) is 3.68. The number of amides is 2.